The maximum Gasteiger partial charge on any atom is 0.316 e. The van der Waals surface area contributed by atoms with Gasteiger partial charge in [-0.1, -0.05) is 17.7 Å². The van der Waals surface area contributed by atoms with Crippen LogP contribution in [-0.4, -0.2) is 32.1 Å². The predicted molar refractivity (Wildman–Crippen MR) is 64.6 cm³/mol. The van der Waals surface area contributed by atoms with Gasteiger partial charge in [-0.15, -0.1) is 0 Å². The van der Waals surface area contributed by atoms with Crippen LogP contribution >= 0.6 is 0 Å². The van der Waals surface area contributed by atoms with Crippen LogP contribution in [0.5, 0.6) is 0 Å². The van der Waals surface area contributed by atoms with Crippen molar-refractivity contribution in [3.8, 4) is 0 Å². The first kappa shape index (κ1) is 13.2. The second-order valence-electron chi connectivity index (χ2n) is 3.65. The van der Waals surface area contributed by atoms with Gasteiger partial charge in [-0.3, -0.25) is 9.59 Å². The average molecular weight is 236 g/mol. The quantitative estimate of drug-likeness (QED) is 0.772. The van der Waals surface area contributed by atoms with E-state index in [2.05, 4.69) is 0 Å². The minimum atomic E-state index is -0.971. The van der Waals surface area contributed by atoms with E-state index in [0.29, 0.717) is 18.8 Å². The Morgan fingerprint density at radius 3 is 2.35 bits per heavy atom. The monoisotopic (exact) mass is 236 g/mol. The van der Waals surface area contributed by atoms with Gasteiger partial charge in [0.15, 0.2) is 0 Å². The number of anilines is 1. The van der Waals surface area contributed by atoms with E-state index in [9.17, 15) is 9.59 Å². The fourth-order valence-corrected chi connectivity index (χ4v) is 1.39. The summed E-state index contributed by atoms with van der Waals surface area (Å²) in [5.74, 6) is -1.70. The lowest BCUT2D eigenvalue weighted by Gasteiger charge is -2.20. The summed E-state index contributed by atoms with van der Waals surface area (Å²) < 4.78 is 4.90. The van der Waals surface area contributed by atoms with E-state index in [1.807, 2.05) is 19.1 Å². The molecule has 0 aromatic heterocycles. The number of hydrogen-bond acceptors (Lipinski definition) is 3. The van der Waals surface area contributed by atoms with Crippen LogP contribution in [0.4, 0.5) is 5.69 Å². The third kappa shape index (κ3) is 3.57. The lowest BCUT2D eigenvalue weighted by atomic mass is 10.2. The van der Waals surface area contributed by atoms with E-state index in [-0.39, 0.29) is 0 Å². The van der Waals surface area contributed by atoms with E-state index >= 15 is 0 Å². The number of nitrogens with zero attached hydrogens (tertiary/aromatic N) is 1. The number of hydrogen-bond donors (Lipinski definition) is 1. The molecule has 2 amide bonds. The molecule has 5 nitrogen and oxygen atoms in total. The number of nitrogens with two attached hydrogens (primary N) is 1. The van der Waals surface area contributed by atoms with Crippen LogP contribution in [-0.2, 0) is 14.3 Å². The molecular weight excluding hydrogens is 220 g/mol. The highest BCUT2D eigenvalue weighted by Gasteiger charge is 2.20. The molecule has 0 unspecified atom stereocenters. The Kier molecular flexibility index (Phi) is 4.66. The SMILES string of the molecule is COCCN(C(=O)C(N)=O)c1ccc(C)cc1. The summed E-state index contributed by atoms with van der Waals surface area (Å²) in [6, 6.07) is 7.27. The normalized spacial score (nSPS) is 10.0. The van der Waals surface area contributed by atoms with Crippen LogP contribution in [0.25, 0.3) is 0 Å². The molecule has 0 aliphatic heterocycles. The van der Waals surface area contributed by atoms with Gasteiger partial charge in [-0.05, 0) is 19.1 Å². The molecule has 0 radical (unpaired) electrons. The molecule has 1 rings (SSSR count). The van der Waals surface area contributed by atoms with Crippen LogP contribution in [0.2, 0.25) is 0 Å². The Balaban J connectivity index is 2.93. The first-order valence-corrected chi connectivity index (χ1v) is 5.23. The van der Waals surface area contributed by atoms with Crippen molar-refractivity contribution in [1.82, 2.24) is 0 Å². The summed E-state index contributed by atoms with van der Waals surface area (Å²) in [4.78, 5) is 23.9. The summed E-state index contributed by atoms with van der Waals surface area (Å²) in [7, 11) is 1.53. The minimum Gasteiger partial charge on any atom is -0.383 e. The fourth-order valence-electron chi connectivity index (χ4n) is 1.39. The topological polar surface area (TPSA) is 72.6 Å². The van der Waals surface area contributed by atoms with Gasteiger partial charge >= 0.3 is 11.8 Å². The van der Waals surface area contributed by atoms with Crippen LogP contribution in [0.3, 0.4) is 0 Å². The largest absolute Gasteiger partial charge is 0.383 e. The van der Waals surface area contributed by atoms with Crippen LogP contribution in [0.1, 0.15) is 5.56 Å². The number of rotatable bonds is 4. The van der Waals surface area contributed by atoms with E-state index in [0.717, 1.165) is 5.56 Å². The minimum absolute atomic E-state index is 0.293. The Bertz CT molecular complexity index is 401. The number of benzene rings is 1. The zero-order valence-corrected chi connectivity index (χ0v) is 9.97. The average Bonchev–Trinajstić information content (AvgIpc) is 2.31. The van der Waals surface area contributed by atoms with Crippen LogP contribution < -0.4 is 10.6 Å². The highest BCUT2D eigenvalue weighted by atomic mass is 16.5. The Morgan fingerprint density at radius 1 is 1.29 bits per heavy atom. The number of aryl methyl sites for hydroxylation is 1. The Hall–Kier alpha value is -1.88. The number of primary amides is 1. The molecule has 0 aliphatic carbocycles. The second-order valence-corrected chi connectivity index (χ2v) is 3.65. The molecule has 0 atom stereocenters. The molecule has 0 saturated carbocycles. The molecule has 1 aromatic rings. The van der Waals surface area contributed by atoms with Gasteiger partial charge in [-0.25, -0.2) is 0 Å². The number of carbonyl (C=O) groups excluding carboxylic acids is 2. The van der Waals surface area contributed by atoms with Crippen LogP contribution in [0, 0.1) is 6.92 Å². The van der Waals surface area contributed by atoms with Crippen molar-refractivity contribution in [3.05, 3.63) is 29.8 Å². The van der Waals surface area contributed by atoms with Gasteiger partial charge in [-0.2, -0.15) is 0 Å². The summed E-state index contributed by atoms with van der Waals surface area (Å²) in [6.45, 7) is 2.58. The van der Waals surface area contributed by atoms with Crippen molar-refractivity contribution in [1.29, 1.82) is 0 Å². The number of ether oxygens (including phenoxy) is 1. The molecule has 1 aromatic carbocycles. The van der Waals surface area contributed by atoms with Gasteiger partial charge in [0.05, 0.1) is 6.61 Å². The van der Waals surface area contributed by atoms with Crippen molar-refractivity contribution < 1.29 is 14.3 Å². The number of amides is 2. The lowest BCUT2D eigenvalue weighted by Crippen LogP contribution is -2.42. The predicted octanol–water partition coefficient (Wildman–Crippen LogP) is 0.460. The van der Waals surface area contributed by atoms with E-state index in [4.69, 9.17) is 10.5 Å². The number of methoxy groups -OCH3 is 1. The third-order valence-corrected chi connectivity index (χ3v) is 2.32. The van der Waals surface area contributed by atoms with Crippen LogP contribution in [0.15, 0.2) is 24.3 Å². The van der Waals surface area contributed by atoms with Crippen molar-refractivity contribution in [2.75, 3.05) is 25.2 Å². The van der Waals surface area contributed by atoms with Gasteiger partial charge in [0.1, 0.15) is 0 Å². The summed E-state index contributed by atoms with van der Waals surface area (Å²) in [5, 5.41) is 0. The molecule has 5 heteroatoms. The van der Waals surface area contributed by atoms with Crippen molar-refractivity contribution in [3.63, 3.8) is 0 Å². The molecule has 2 N–H and O–H groups in total. The van der Waals surface area contributed by atoms with Crippen molar-refractivity contribution in [2.45, 2.75) is 6.92 Å². The van der Waals surface area contributed by atoms with Gasteiger partial charge < -0.3 is 15.4 Å². The highest BCUT2D eigenvalue weighted by molar-refractivity contribution is 6.39. The first-order chi connectivity index (χ1) is 8.06. The maximum absolute atomic E-state index is 11.6. The van der Waals surface area contributed by atoms with Gasteiger partial charge in [0.25, 0.3) is 0 Å². The summed E-state index contributed by atoms with van der Waals surface area (Å²) in [6.07, 6.45) is 0. The second kappa shape index (κ2) is 6.00. The third-order valence-electron chi connectivity index (χ3n) is 2.32. The zero-order chi connectivity index (χ0) is 12.8. The molecule has 0 fully saturated rings. The van der Waals surface area contributed by atoms with Crippen molar-refractivity contribution >= 4 is 17.5 Å². The lowest BCUT2D eigenvalue weighted by molar-refractivity contribution is -0.135. The molecule has 0 bridgehead atoms. The smallest absolute Gasteiger partial charge is 0.316 e. The molecule has 0 heterocycles. The molecule has 17 heavy (non-hydrogen) atoms. The van der Waals surface area contributed by atoms with E-state index in [1.54, 1.807) is 12.1 Å². The standard InChI is InChI=1S/C12H16N2O3/c1-9-3-5-10(6-4-9)14(7-8-17-2)12(16)11(13)15/h3-6H,7-8H2,1-2H3,(H2,13,15). The maximum atomic E-state index is 11.6. The van der Waals surface area contributed by atoms with Crippen molar-refractivity contribution in [2.24, 2.45) is 5.73 Å². The number of carbonyl (C=O) groups is 2. The molecule has 0 aliphatic rings. The molecule has 0 saturated heterocycles. The molecule has 0 spiro atoms. The highest BCUT2D eigenvalue weighted by Crippen LogP contribution is 2.15. The fraction of sp³-hybridized carbons (Fsp3) is 0.333. The van der Waals surface area contributed by atoms with E-state index < -0.39 is 11.8 Å². The summed E-state index contributed by atoms with van der Waals surface area (Å²) in [5.41, 5.74) is 6.72. The summed E-state index contributed by atoms with van der Waals surface area (Å²) >= 11 is 0. The van der Waals surface area contributed by atoms with E-state index in [1.165, 1.54) is 12.0 Å². The van der Waals surface area contributed by atoms with Gasteiger partial charge in [0.2, 0.25) is 0 Å². The molecule has 92 valence electrons. The zero-order valence-electron chi connectivity index (χ0n) is 9.97. The first-order valence-electron chi connectivity index (χ1n) is 5.23. The van der Waals surface area contributed by atoms with Gasteiger partial charge in [0, 0.05) is 19.3 Å². The Morgan fingerprint density at radius 2 is 1.88 bits per heavy atom. The Labute approximate surface area is 100 Å². The molecular formula is C12H16N2O3.